The number of amides is 1. The van der Waals surface area contributed by atoms with E-state index >= 15 is 0 Å². The van der Waals surface area contributed by atoms with Gasteiger partial charge in [0.25, 0.3) is 0 Å². The molecule has 0 saturated heterocycles. The average Bonchev–Trinajstić information content (AvgIpc) is 2.31. The van der Waals surface area contributed by atoms with Crippen LogP contribution in [0.3, 0.4) is 0 Å². The maximum Gasteiger partial charge on any atom is 0.235 e. The summed E-state index contributed by atoms with van der Waals surface area (Å²) in [5.41, 5.74) is 5.24. The van der Waals surface area contributed by atoms with Crippen LogP contribution < -0.4 is 11.1 Å². The van der Waals surface area contributed by atoms with Crippen LogP contribution >= 0.6 is 11.8 Å². The van der Waals surface area contributed by atoms with Gasteiger partial charge in [0.15, 0.2) is 0 Å². The molecule has 0 aromatic heterocycles. The second-order valence-electron chi connectivity index (χ2n) is 3.79. The summed E-state index contributed by atoms with van der Waals surface area (Å²) in [6, 6.07) is 2.85. The number of carbonyl (C=O) groups excluding carboxylic acids is 1. The molecule has 1 aromatic rings. The van der Waals surface area contributed by atoms with Crippen LogP contribution in [0, 0.1) is 11.6 Å². The van der Waals surface area contributed by atoms with E-state index in [0.29, 0.717) is 17.2 Å². The van der Waals surface area contributed by atoms with E-state index < -0.39 is 23.6 Å². The van der Waals surface area contributed by atoms with E-state index in [0.717, 1.165) is 24.2 Å². The summed E-state index contributed by atoms with van der Waals surface area (Å²) in [7, 11) is 0. The van der Waals surface area contributed by atoms with E-state index in [2.05, 4.69) is 5.32 Å². The minimum atomic E-state index is -0.626. The molecule has 1 atom stereocenters. The predicted molar refractivity (Wildman–Crippen MR) is 68.4 cm³/mol. The number of hydrogen-bond donors (Lipinski definition) is 2. The molecule has 0 radical (unpaired) electrons. The Morgan fingerprint density at radius 2 is 2.22 bits per heavy atom. The minimum Gasteiger partial charge on any atom is -0.368 e. The van der Waals surface area contributed by atoms with Crippen LogP contribution in [0.15, 0.2) is 23.1 Å². The van der Waals surface area contributed by atoms with Crippen molar-refractivity contribution < 1.29 is 13.6 Å². The highest BCUT2D eigenvalue weighted by molar-refractivity contribution is 7.99. The highest BCUT2D eigenvalue weighted by Gasteiger charge is 2.15. The Hall–Kier alpha value is -1.14. The number of thioether (sulfide) groups is 1. The van der Waals surface area contributed by atoms with Crippen molar-refractivity contribution in [1.29, 1.82) is 0 Å². The van der Waals surface area contributed by atoms with E-state index in [-0.39, 0.29) is 0 Å². The lowest BCUT2D eigenvalue weighted by atomic mass is 10.3. The molecule has 1 unspecified atom stereocenters. The highest BCUT2D eigenvalue weighted by Crippen LogP contribution is 2.22. The number of rotatable bonds is 7. The van der Waals surface area contributed by atoms with Gasteiger partial charge in [-0.05, 0) is 25.1 Å². The smallest absolute Gasteiger partial charge is 0.235 e. The molecule has 6 heteroatoms. The lowest BCUT2D eigenvalue weighted by Gasteiger charge is -2.14. The fourth-order valence-electron chi connectivity index (χ4n) is 1.33. The van der Waals surface area contributed by atoms with Gasteiger partial charge in [0.1, 0.15) is 11.6 Å². The number of benzene rings is 1. The third-order valence-electron chi connectivity index (χ3n) is 2.28. The third-order valence-corrected chi connectivity index (χ3v) is 3.43. The Morgan fingerprint density at radius 1 is 1.50 bits per heavy atom. The Bertz CT molecular complexity index is 415. The summed E-state index contributed by atoms with van der Waals surface area (Å²) >= 11 is 1.14. The number of hydrogen-bond acceptors (Lipinski definition) is 3. The van der Waals surface area contributed by atoms with Crippen molar-refractivity contribution in [1.82, 2.24) is 5.32 Å². The Morgan fingerprint density at radius 3 is 2.78 bits per heavy atom. The second-order valence-corrected chi connectivity index (χ2v) is 4.86. The largest absolute Gasteiger partial charge is 0.368 e. The van der Waals surface area contributed by atoms with Crippen molar-refractivity contribution in [3.63, 3.8) is 0 Å². The zero-order valence-electron chi connectivity index (χ0n) is 10.1. The number of primary amides is 1. The van der Waals surface area contributed by atoms with E-state index in [1.165, 1.54) is 12.1 Å². The maximum absolute atomic E-state index is 13.4. The second kappa shape index (κ2) is 7.33. The summed E-state index contributed by atoms with van der Waals surface area (Å²) in [5.74, 6) is -1.40. The van der Waals surface area contributed by atoms with Gasteiger partial charge in [0, 0.05) is 16.7 Å². The lowest BCUT2D eigenvalue weighted by molar-refractivity contribution is -0.119. The van der Waals surface area contributed by atoms with Crippen LogP contribution in [0.1, 0.15) is 13.3 Å². The Balaban J connectivity index is 2.58. The number of carbonyl (C=O) groups is 1. The first kappa shape index (κ1) is 14.9. The van der Waals surface area contributed by atoms with Gasteiger partial charge in [-0.25, -0.2) is 8.78 Å². The monoisotopic (exact) mass is 274 g/mol. The molecule has 100 valence electrons. The summed E-state index contributed by atoms with van der Waals surface area (Å²) < 4.78 is 26.1. The molecule has 0 saturated carbocycles. The molecule has 0 heterocycles. The van der Waals surface area contributed by atoms with Gasteiger partial charge in [0.2, 0.25) is 5.91 Å². The van der Waals surface area contributed by atoms with E-state index in [9.17, 15) is 13.6 Å². The van der Waals surface area contributed by atoms with Gasteiger partial charge in [-0.3, -0.25) is 4.79 Å². The number of halogens is 2. The fraction of sp³-hybridized carbons (Fsp3) is 0.417. The van der Waals surface area contributed by atoms with E-state index in [1.54, 1.807) is 0 Å². The molecular weight excluding hydrogens is 258 g/mol. The average molecular weight is 274 g/mol. The predicted octanol–water partition coefficient (Wildman–Crippen LogP) is 1.91. The zero-order chi connectivity index (χ0) is 13.5. The fourth-order valence-corrected chi connectivity index (χ4v) is 2.32. The molecule has 0 aliphatic rings. The Kier molecular flexibility index (Phi) is 6.07. The van der Waals surface area contributed by atoms with Crippen LogP contribution in [0.25, 0.3) is 0 Å². The molecule has 0 bridgehead atoms. The first-order chi connectivity index (χ1) is 8.54. The number of nitrogens with one attached hydrogen (secondary N) is 1. The van der Waals surface area contributed by atoms with Gasteiger partial charge in [-0.15, -0.1) is 11.8 Å². The molecule has 1 rings (SSSR count). The maximum atomic E-state index is 13.4. The van der Waals surface area contributed by atoms with Crippen molar-refractivity contribution >= 4 is 17.7 Å². The van der Waals surface area contributed by atoms with Gasteiger partial charge < -0.3 is 11.1 Å². The SMILES string of the molecule is CCCNC(CSc1ccc(F)cc1F)C(N)=O. The number of nitrogens with two attached hydrogens (primary N) is 1. The molecule has 0 aliphatic heterocycles. The summed E-state index contributed by atoms with van der Waals surface area (Å²) in [6.07, 6.45) is 0.874. The molecule has 1 amide bonds. The molecule has 3 nitrogen and oxygen atoms in total. The molecule has 18 heavy (non-hydrogen) atoms. The van der Waals surface area contributed by atoms with Crippen molar-refractivity contribution in [2.45, 2.75) is 24.3 Å². The van der Waals surface area contributed by atoms with Crippen LogP contribution in [-0.2, 0) is 4.79 Å². The van der Waals surface area contributed by atoms with Crippen molar-refractivity contribution in [3.05, 3.63) is 29.8 Å². The van der Waals surface area contributed by atoms with Crippen molar-refractivity contribution in [2.75, 3.05) is 12.3 Å². The third kappa shape index (κ3) is 4.62. The van der Waals surface area contributed by atoms with Gasteiger partial charge in [-0.1, -0.05) is 6.92 Å². The quantitative estimate of drug-likeness (QED) is 0.747. The molecule has 0 spiro atoms. The van der Waals surface area contributed by atoms with Gasteiger partial charge >= 0.3 is 0 Å². The standard InChI is InChI=1S/C12H16F2N2OS/c1-2-5-16-10(12(15)17)7-18-11-4-3-8(13)6-9(11)14/h3-4,6,10,16H,2,5,7H2,1H3,(H2,15,17). The molecular formula is C12H16F2N2OS. The normalized spacial score (nSPS) is 12.4. The minimum absolute atomic E-state index is 0.306. The van der Waals surface area contributed by atoms with Crippen LogP contribution in [0.2, 0.25) is 0 Å². The first-order valence-corrected chi connectivity index (χ1v) is 6.63. The van der Waals surface area contributed by atoms with Crippen LogP contribution in [0.5, 0.6) is 0 Å². The van der Waals surface area contributed by atoms with Crippen LogP contribution in [0.4, 0.5) is 8.78 Å². The van der Waals surface area contributed by atoms with Crippen molar-refractivity contribution in [2.24, 2.45) is 5.73 Å². The van der Waals surface area contributed by atoms with E-state index in [1.807, 2.05) is 6.92 Å². The topological polar surface area (TPSA) is 55.1 Å². The van der Waals surface area contributed by atoms with Crippen LogP contribution in [-0.4, -0.2) is 24.2 Å². The van der Waals surface area contributed by atoms with Crippen molar-refractivity contribution in [3.8, 4) is 0 Å². The first-order valence-electron chi connectivity index (χ1n) is 5.65. The Labute approximate surface area is 109 Å². The lowest BCUT2D eigenvalue weighted by Crippen LogP contribution is -2.43. The molecule has 1 aromatic carbocycles. The van der Waals surface area contributed by atoms with E-state index in [4.69, 9.17) is 5.73 Å². The molecule has 0 aliphatic carbocycles. The summed E-state index contributed by atoms with van der Waals surface area (Å²) in [4.78, 5) is 11.5. The summed E-state index contributed by atoms with van der Waals surface area (Å²) in [6.45, 7) is 2.64. The zero-order valence-corrected chi connectivity index (χ0v) is 10.9. The molecule has 0 fully saturated rings. The molecule has 3 N–H and O–H groups in total. The highest BCUT2D eigenvalue weighted by atomic mass is 32.2. The van der Waals surface area contributed by atoms with Gasteiger partial charge in [0.05, 0.1) is 6.04 Å². The summed E-state index contributed by atoms with van der Waals surface area (Å²) in [5, 5.41) is 2.98. The van der Waals surface area contributed by atoms with Gasteiger partial charge in [-0.2, -0.15) is 0 Å².